The van der Waals surface area contributed by atoms with Crippen LogP contribution >= 0.6 is 11.3 Å². The fourth-order valence-electron chi connectivity index (χ4n) is 3.60. The molecular formula is C23H22FN3O2S. The Morgan fingerprint density at radius 3 is 2.70 bits per heavy atom. The van der Waals surface area contributed by atoms with E-state index in [4.69, 9.17) is 0 Å². The Kier molecular flexibility index (Phi) is 6.18. The lowest BCUT2D eigenvalue weighted by Gasteiger charge is -2.11. The zero-order chi connectivity index (χ0) is 20.9. The topological polar surface area (TPSA) is 71.1 Å². The van der Waals surface area contributed by atoms with Gasteiger partial charge in [-0.05, 0) is 42.7 Å². The van der Waals surface area contributed by atoms with Crippen molar-refractivity contribution >= 4 is 28.8 Å². The third kappa shape index (κ3) is 4.74. The number of nitrogens with zero attached hydrogens (tertiary/aromatic N) is 1. The van der Waals surface area contributed by atoms with Crippen molar-refractivity contribution in [2.45, 2.75) is 32.2 Å². The summed E-state index contributed by atoms with van der Waals surface area (Å²) in [5, 5.41) is 6.30. The van der Waals surface area contributed by atoms with Gasteiger partial charge in [0, 0.05) is 23.7 Å². The molecule has 5 nitrogen and oxygen atoms in total. The molecule has 1 aromatic heterocycles. The number of amides is 2. The van der Waals surface area contributed by atoms with Crippen molar-refractivity contribution < 1.29 is 14.0 Å². The first-order valence-electron chi connectivity index (χ1n) is 9.99. The molecule has 0 saturated heterocycles. The summed E-state index contributed by atoms with van der Waals surface area (Å²) in [4.78, 5) is 29.4. The van der Waals surface area contributed by atoms with E-state index in [1.54, 1.807) is 18.2 Å². The van der Waals surface area contributed by atoms with Crippen LogP contribution in [0.25, 0.3) is 10.6 Å². The van der Waals surface area contributed by atoms with E-state index in [1.807, 2.05) is 24.3 Å². The summed E-state index contributed by atoms with van der Waals surface area (Å²) >= 11 is 1.15. The van der Waals surface area contributed by atoms with Gasteiger partial charge in [0.05, 0.1) is 6.20 Å². The Balaban J connectivity index is 1.36. The number of halogens is 1. The van der Waals surface area contributed by atoms with Crippen LogP contribution in [0.5, 0.6) is 0 Å². The molecule has 0 bridgehead atoms. The number of carbonyl (C=O) groups is 2. The maximum Gasteiger partial charge on any atom is 0.263 e. The van der Waals surface area contributed by atoms with E-state index in [0.717, 1.165) is 48.3 Å². The first kappa shape index (κ1) is 20.2. The molecular weight excluding hydrogens is 401 g/mol. The summed E-state index contributed by atoms with van der Waals surface area (Å²) in [5.41, 5.74) is 2.00. The van der Waals surface area contributed by atoms with Gasteiger partial charge in [0.1, 0.15) is 15.7 Å². The number of nitrogens with one attached hydrogen (secondary N) is 2. The number of aromatic nitrogens is 1. The number of carbonyl (C=O) groups excluding carboxylic acids is 2. The van der Waals surface area contributed by atoms with Gasteiger partial charge in [-0.2, -0.15) is 0 Å². The number of thiazole rings is 1. The molecule has 0 unspecified atom stereocenters. The normalized spacial score (nSPS) is 13.9. The van der Waals surface area contributed by atoms with Crippen molar-refractivity contribution in [1.29, 1.82) is 0 Å². The first-order chi connectivity index (χ1) is 14.6. The maximum absolute atomic E-state index is 13.9. The van der Waals surface area contributed by atoms with Gasteiger partial charge in [-0.25, -0.2) is 9.37 Å². The van der Waals surface area contributed by atoms with Crippen LogP contribution in [0.4, 0.5) is 10.1 Å². The van der Waals surface area contributed by atoms with Gasteiger partial charge in [0.25, 0.3) is 5.91 Å². The lowest BCUT2D eigenvalue weighted by molar-refractivity contribution is -0.119. The minimum absolute atomic E-state index is 0.0685. The molecule has 0 spiro atoms. The largest absolute Gasteiger partial charge is 0.347 e. The van der Waals surface area contributed by atoms with Gasteiger partial charge in [0.15, 0.2) is 0 Å². The molecule has 3 aromatic rings. The molecule has 30 heavy (non-hydrogen) atoms. The quantitative estimate of drug-likeness (QED) is 0.586. The van der Waals surface area contributed by atoms with Gasteiger partial charge < -0.3 is 10.6 Å². The standard InChI is InChI=1S/C23H22FN3O2S/c24-19-11-4-3-10-18(19)23-26-14-20(30-23)22(29)25-13-15-6-5-9-17(12-15)27-21(28)16-7-1-2-8-16/h3-6,9-12,14,16H,1-2,7-8,13H2,(H,25,29)(H,27,28). The van der Waals surface area contributed by atoms with Crippen molar-refractivity contribution in [1.82, 2.24) is 10.3 Å². The Hall–Kier alpha value is -3.06. The summed E-state index contributed by atoms with van der Waals surface area (Å²) < 4.78 is 13.9. The number of rotatable bonds is 6. The number of hydrogen-bond acceptors (Lipinski definition) is 4. The zero-order valence-corrected chi connectivity index (χ0v) is 17.2. The smallest absolute Gasteiger partial charge is 0.263 e. The molecule has 0 radical (unpaired) electrons. The van der Waals surface area contributed by atoms with Crippen molar-refractivity contribution in [3.8, 4) is 10.6 Å². The van der Waals surface area contributed by atoms with Crippen molar-refractivity contribution in [2.75, 3.05) is 5.32 Å². The minimum atomic E-state index is -0.365. The second kappa shape index (κ2) is 9.17. The minimum Gasteiger partial charge on any atom is -0.347 e. The predicted octanol–water partition coefficient (Wildman–Crippen LogP) is 5.01. The Labute approximate surface area is 178 Å². The second-order valence-corrected chi connectivity index (χ2v) is 8.39. The highest BCUT2D eigenvalue weighted by molar-refractivity contribution is 7.16. The first-order valence-corrected chi connectivity index (χ1v) is 10.8. The molecule has 7 heteroatoms. The third-order valence-corrected chi connectivity index (χ3v) is 6.24. The van der Waals surface area contributed by atoms with E-state index in [1.165, 1.54) is 12.3 Å². The molecule has 0 aliphatic heterocycles. The average Bonchev–Trinajstić information content (AvgIpc) is 3.45. The molecule has 1 aliphatic rings. The fraction of sp³-hybridized carbons (Fsp3) is 0.261. The molecule has 2 N–H and O–H groups in total. The van der Waals surface area contributed by atoms with Crippen molar-refractivity contribution in [2.24, 2.45) is 5.92 Å². The van der Waals surface area contributed by atoms with Gasteiger partial charge in [-0.3, -0.25) is 9.59 Å². The van der Waals surface area contributed by atoms with E-state index in [0.29, 0.717) is 22.0 Å². The molecule has 1 heterocycles. The zero-order valence-electron chi connectivity index (χ0n) is 16.4. The van der Waals surface area contributed by atoms with Gasteiger partial charge in [-0.1, -0.05) is 37.1 Å². The predicted molar refractivity (Wildman–Crippen MR) is 116 cm³/mol. The van der Waals surface area contributed by atoms with E-state index in [9.17, 15) is 14.0 Å². The molecule has 0 atom stereocenters. The summed E-state index contributed by atoms with van der Waals surface area (Å²) in [6.07, 6.45) is 5.58. The molecule has 4 rings (SSSR count). The van der Waals surface area contributed by atoms with E-state index >= 15 is 0 Å². The van der Waals surface area contributed by atoms with Crippen molar-refractivity contribution in [3.05, 3.63) is 71.0 Å². The Morgan fingerprint density at radius 1 is 1.10 bits per heavy atom. The summed E-state index contributed by atoms with van der Waals surface area (Å²) in [6, 6.07) is 13.8. The Morgan fingerprint density at radius 2 is 1.90 bits per heavy atom. The number of hydrogen-bond donors (Lipinski definition) is 2. The van der Waals surface area contributed by atoms with Crippen LogP contribution in [0.2, 0.25) is 0 Å². The van der Waals surface area contributed by atoms with E-state index in [-0.39, 0.29) is 23.5 Å². The SMILES string of the molecule is O=C(NCc1cccc(NC(=O)C2CCCC2)c1)c1cnc(-c2ccccc2F)s1. The van der Waals surface area contributed by atoms with E-state index in [2.05, 4.69) is 15.6 Å². The second-order valence-electron chi connectivity index (χ2n) is 7.36. The lowest BCUT2D eigenvalue weighted by atomic mass is 10.1. The molecule has 1 saturated carbocycles. The van der Waals surface area contributed by atoms with Crippen molar-refractivity contribution in [3.63, 3.8) is 0 Å². The highest BCUT2D eigenvalue weighted by atomic mass is 32.1. The van der Waals surface area contributed by atoms with Gasteiger partial charge >= 0.3 is 0 Å². The van der Waals surface area contributed by atoms with Gasteiger partial charge in [-0.15, -0.1) is 11.3 Å². The average molecular weight is 424 g/mol. The van der Waals surface area contributed by atoms with Crippen LogP contribution in [-0.4, -0.2) is 16.8 Å². The summed E-state index contributed by atoms with van der Waals surface area (Å²) in [5.74, 6) is -0.465. The Bertz CT molecular complexity index is 1060. The fourth-order valence-corrected chi connectivity index (χ4v) is 4.46. The highest BCUT2D eigenvalue weighted by Gasteiger charge is 2.22. The van der Waals surface area contributed by atoms with Crippen LogP contribution in [0.3, 0.4) is 0 Å². The highest BCUT2D eigenvalue weighted by Crippen LogP contribution is 2.28. The molecule has 154 valence electrons. The molecule has 2 aromatic carbocycles. The van der Waals surface area contributed by atoms with Crippen LogP contribution < -0.4 is 10.6 Å². The van der Waals surface area contributed by atoms with Crippen LogP contribution in [0.15, 0.2) is 54.7 Å². The van der Waals surface area contributed by atoms with Crippen LogP contribution in [0, 0.1) is 11.7 Å². The molecule has 1 aliphatic carbocycles. The third-order valence-electron chi connectivity index (χ3n) is 5.21. The van der Waals surface area contributed by atoms with Crippen LogP contribution in [0.1, 0.15) is 40.9 Å². The monoisotopic (exact) mass is 423 g/mol. The molecule has 2 amide bonds. The summed E-state index contributed by atoms with van der Waals surface area (Å²) in [7, 11) is 0. The number of anilines is 1. The van der Waals surface area contributed by atoms with Crippen LogP contribution in [-0.2, 0) is 11.3 Å². The number of benzene rings is 2. The summed E-state index contributed by atoms with van der Waals surface area (Å²) in [6.45, 7) is 0.318. The molecule has 1 fully saturated rings. The lowest BCUT2D eigenvalue weighted by Crippen LogP contribution is -2.22. The van der Waals surface area contributed by atoms with Gasteiger partial charge in [0.2, 0.25) is 5.91 Å². The van der Waals surface area contributed by atoms with E-state index < -0.39 is 0 Å². The maximum atomic E-state index is 13.9.